The number of pyridine rings is 1. The largest absolute Gasteiger partial charge is 0.497 e. The number of hydrogen-bond donors (Lipinski definition) is 2. The zero-order chi connectivity index (χ0) is 20.5. The number of amides is 1. The van der Waals surface area contributed by atoms with Crippen LogP contribution in [0.1, 0.15) is 10.4 Å². The Morgan fingerprint density at radius 2 is 1.73 bits per heavy atom. The molecule has 5 aromatic rings. The van der Waals surface area contributed by atoms with Crippen LogP contribution in [0.4, 0.5) is 5.69 Å². The number of hydrogen-bond acceptors (Lipinski definition) is 4. The Labute approximate surface area is 172 Å². The molecule has 2 heterocycles. The zero-order valence-corrected chi connectivity index (χ0v) is 16.2. The molecule has 0 atom stereocenters. The van der Waals surface area contributed by atoms with E-state index in [1.54, 1.807) is 31.4 Å². The number of para-hydroxylation sites is 3. The number of rotatable bonds is 4. The fraction of sp³-hybridized carbons (Fsp3) is 0.0417. The molecule has 0 fully saturated rings. The third-order valence-corrected chi connectivity index (χ3v) is 4.95. The molecule has 0 unspecified atom stereocenters. The van der Waals surface area contributed by atoms with Crippen LogP contribution in [-0.4, -0.2) is 28.0 Å². The van der Waals surface area contributed by atoms with E-state index in [9.17, 15) is 4.79 Å². The highest BCUT2D eigenvalue weighted by atomic mass is 16.5. The molecule has 1 amide bonds. The first-order valence-electron chi connectivity index (χ1n) is 9.51. The van der Waals surface area contributed by atoms with Gasteiger partial charge in [0.05, 0.1) is 29.3 Å². The molecule has 0 saturated carbocycles. The summed E-state index contributed by atoms with van der Waals surface area (Å²) in [6.07, 6.45) is 0. The van der Waals surface area contributed by atoms with E-state index in [0.717, 1.165) is 16.4 Å². The first-order chi connectivity index (χ1) is 14.7. The summed E-state index contributed by atoms with van der Waals surface area (Å²) in [5.41, 5.74) is 4.45. The van der Waals surface area contributed by atoms with Crippen molar-refractivity contribution in [3.63, 3.8) is 0 Å². The van der Waals surface area contributed by atoms with Crippen LogP contribution in [0.15, 0.2) is 78.9 Å². The number of carbonyl (C=O) groups is 1. The van der Waals surface area contributed by atoms with Gasteiger partial charge in [-0.1, -0.05) is 30.3 Å². The van der Waals surface area contributed by atoms with Crippen LogP contribution in [0.2, 0.25) is 0 Å². The van der Waals surface area contributed by atoms with Gasteiger partial charge in [-0.3, -0.25) is 4.79 Å². The number of nitrogens with zero attached hydrogens (tertiary/aromatic N) is 2. The minimum absolute atomic E-state index is 0.207. The highest BCUT2D eigenvalue weighted by molar-refractivity contribution is 6.08. The van der Waals surface area contributed by atoms with Crippen LogP contribution < -0.4 is 10.1 Å². The van der Waals surface area contributed by atoms with E-state index in [0.29, 0.717) is 34.0 Å². The summed E-state index contributed by atoms with van der Waals surface area (Å²) < 4.78 is 5.15. The summed E-state index contributed by atoms with van der Waals surface area (Å²) in [5.74, 6) is 1.18. The lowest BCUT2D eigenvalue weighted by molar-refractivity contribution is 0.102. The lowest BCUT2D eigenvalue weighted by Gasteiger charge is -2.09. The average Bonchev–Trinajstić information content (AvgIpc) is 3.23. The summed E-state index contributed by atoms with van der Waals surface area (Å²) >= 11 is 0. The number of nitrogens with one attached hydrogen (secondary N) is 2. The Morgan fingerprint density at radius 3 is 2.53 bits per heavy atom. The first-order valence-corrected chi connectivity index (χ1v) is 9.51. The molecule has 0 radical (unpaired) electrons. The van der Waals surface area contributed by atoms with Gasteiger partial charge in [0.15, 0.2) is 5.82 Å². The fourth-order valence-corrected chi connectivity index (χ4v) is 3.39. The van der Waals surface area contributed by atoms with Crippen molar-refractivity contribution in [2.45, 2.75) is 0 Å². The second-order valence-electron chi connectivity index (χ2n) is 6.86. The number of benzene rings is 3. The molecule has 6 heteroatoms. The number of aromatic amines is 1. The second kappa shape index (κ2) is 7.33. The molecule has 6 nitrogen and oxygen atoms in total. The predicted molar refractivity (Wildman–Crippen MR) is 118 cm³/mol. The highest BCUT2D eigenvalue weighted by Crippen LogP contribution is 2.26. The number of anilines is 1. The van der Waals surface area contributed by atoms with Gasteiger partial charge in [0, 0.05) is 10.9 Å². The maximum absolute atomic E-state index is 12.7. The number of imidazole rings is 1. The van der Waals surface area contributed by atoms with Gasteiger partial charge in [-0.2, -0.15) is 0 Å². The standard InChI is InChI=1S/C24H18N4O2/c1-30-17-12-9-16(10-13-17)24(29)28-20-8-4-5-15-11-14-21(25-22(15)20)23-26-18-6-2-3-7-19(18)27-23/h2-14H,1H3,(H,26,27)(H,28,29). The van der Waals surface area contributed by atoms with Crippen LogP contribution in [0.3, 0.4) is 0 Å². The third kappa shape index (κ3) is 3.24. The van der Waals surface area contributed by atoms with Crippen molar-refractivity contribution >= 4 is 33.5 Å². The van der Waals surface area contributed by atoms with Crippen LogP contribution in [-0.2, 0) is 0 Å². The lowest BCUT2D eigenvalue weighted by Crippen LogP contribution is -2.12. The van der Waals surface area contributed by atoms with Gasteiger partial charge in [0.2, 0.25) is 0 Å². The molecule has 3 aromatic carbocycles. The number of ether oxygens (including phenoxy) is 1. The molecule has 30 heavy (non-hydrogen) atoms. The van der Waals surface area contributed by atoms with Crippen molar-refractivity contribution in [1.82, 2.24) is 15.0 Å². The van der Waals surface area contributed by atoms with E-state index in [1.807, 2.05) is 54.6 Å². The van der Waals surface area contributed by atoms with Gasteiger partial charge < -0.3 is 15.0 Å². The predicted octanol–water partition coefficient (Wildman–Crippen LogP) is 5.04. The van der Waals surface area contributed by atoms with Crippen LogP contribution >= 0.6 is 0 Å². The van der Waals surface area contributed by atoms with E-state index in [-0.39, 0.29) is 5.91 Å². The summed E-state index contributed by atoms with van der Waals surface area (Å²) in [6, 6.07) is 24.4. The quantitative estimate of drug-likeness (QED) is 0.448. The number of aromatic nitrogens is 3. The maximum Gasteiger partial charge on any atom is 0.255 e. The zero-order valence-electron chi connectivity index (χ0n) is 16.2. The molecular weight excluding hydrogens is 376 g/mol. The van der Waals surface area contributed by atoms with Gasteiger partial charge in [0.25, 0.3) is 5.91 Å². The Balaban J connectivity index is 1.52. The van der Waals surface area contributed by atoms with E-state index in [2.05, 4.69) is 15.3 Å². The topological polar surface area (TPSA) is 79.9 Å². The fourth-order valence-electron chi connectivity index (χ4n) is 3.39. The smallest absolute Gasteiger partial charge is 0.255 e. The first kappa shape index (κ1) is 17.9. The number of fused-ring (bicyclic) bond motifs is 2. The normalized spacial score (nSPS) is 11.0. The Morgan fingerprint density at radius 1 is 0.900 bits per heavy atom. The number of methoxy groups -OCH3 is 1. The summed E-state index contributed by atoms with van der Waals surface area (Å²) in [6.45, 7) is 0. The molecule has 0 saturated heterocycles. The molecule has 2 N–H and O–H groups in total. The molecule has 146 valence electrons. The van der Waals surface area contributed by atoms with E-state index in [1.165, 1.54) is 0 Å². The SMILES string of the molecule is COc1ccc(C(=O)Nc2cccc3ccc(-c4nc5ccccc5[nH]4)nc23)cc1. The third-order valence-electron chi connectivity index (χ3n) is 4.95. The Kier molecular flexibility index (Phi) is 4.37. The summed E-state index contributed by atoms with van der Waals surface area (Å²) in [7, 11) is 1.59. The van der Waals surface area contributed by atoms with E-state index >= 15 is 0 Å². The molecule has 0 aliphatic heterocycles. The lowest BCUT2D eigenvalue weighted by atomic mass is 10.1. The van der Waals surface area contributed by atoms with E-state index < -0.39 is 0 Å². The van der Waals surface area contributed by atoms with Gasteiger partial charge >= 0.3 is 0 Å². The van der Waals surface area contributed by atoms with Gasteiger partial charge in [-0.05, 0) is 48.5 Å². The monoisotopic (exact) mass is 394 g/mol. The summed E-state index contributed by atoms with van der Waals surface area (Å²) in [4.78, 5) is 25.4. The van der Waals surface area contributed by atoms with Crippen molar-refractivity contribution in [2.75, 3.05) is 12.4 Å². The molecule has 0 bridgehead atoms. The number of H-pyrrole nitrogens is 1. The van der Waals surface area contributed by atoms with Crippen molar-refractivity contribution in [3.8, 4) is 17.3 Å². The average molecular weight is 394 g/mol. The van der Waals surface area contributed by atoms with Gasteiger partial charge in [0.1, 0.15) is 11.4 Å². The van der Waals surface area contributed by atoms with Crippen molar-refractivity contribution in [2.24, 2.45) is 0 Å². The molecule has 5 rings (SSSR count). The number of carbonyl (C=O) groups excluding carboxylic acids is 1. The highest BCUT2D eigenvalue weighted by Gasteiger charge is 2.12. The Hall–Kier alpha value is -4.19. The second-order valence-corrected chi connectivity index (χ2v) is 6.86. The van der Waals surface area contributed by atoms with Crippen molar-refractivity contribution < 1.29 is 9.53 Å². The molecule has 2 aromatic heterocycles. The van der Waals surface area contributed by atoms with Crippen LogP contribution in [0, 0.1) is 0 Å². The van der Waals surface area contributed by atoms with Crippen LogP contribution in [0.5, 0.6) is 5.75 Å². The van der Waals surface area contributed by atoms with Crippen molar-refractivity contribution in [1.29, 1.82) is 0 Å². The van der Waals surface area contributed by atoms with Gasteiger partial charge in [-0.15, -0.1) is 0 Å². The minimum Gasteiger partial charge on any atom is -0.497 e. The Bertz CT molecular complexity index is 1340. The molecular formula is C24H18N4O2. The van der Waals surface area contributed by atoms with E-state index in [4.69, 9.17) is 9.72 Å². The maximum atomic E-state index is 12.7. The van der Waals surface area contributed by atoms with Crippen molar-refractivity contribution in [3.05, 3.63) is 84.4 Å². The molecule has 0 aliphatic carbocycles. The summed E-state index contributed by atoms with van der Waals surface area (Å²) in [5, 5.41) is 3.90. The van der Waals surface area contributed by atoms with Crippen LogP contribution in [0.25, 0.3) is 33.5 Å². The molecule has 0 spiro atoms. The molecule has 0 aliphatic rings. The minimum atomic E-state index is -0.207. The van der Waals surface area contributed by atoms with Gasteiger partial charge in [-0.25, -0.2) is 9.97 Å².